The van der Waals surface area contributed by atoms with Gasteiger partial charge in [0.15, 0.2) is 5.82 Å². The first-order valence-corrected chi connectivity index (χ1v) is 6.29. The van der Waals surface area contributed by atoms with Crippen molar-refractivity contribution in [1.29, 1.82) is 0 Å². The molecule has 0 fully saturated rings. The van der Waals surface area contributed by atoms with Crippen LogP contribution >= 0.6 is 0 Å². The Morgan fingerprint density at radius 3 is 2.75 bits per heavy atom. The summed E-state index contributed by atoms with van der Waals surface area (Å²) in [5, 5.41) is 2.85. The smallest absolute Gasteiger partial charge is 0.257 e. The number of hydrogen-bond acceptors (Lipinski definition) is 4. The van der Waals surface area contributed by atoms with E-state index in [1.54, 1.807) is 24.4 Å². The number of aryl methyl sites for hydroxylation is 1. The Morgan fingerprint density at radius 1 is 1.30 bits per heavy atom. The summed E-state index contributed by atoms with van der Waals surface area (Å²) in [6.07, 6.45) is 1.69. The van der Waals surface area contributed by atoms with Crippen molar-refractivity contribution in [3.05, 3.63) is 47.7 Å². The van der Waals surface area contributed by atoms with Crippen LogP contribution in [-0.2, 0) is 0 Å². The number of nitrogens with one attached hydrogen (secondary N) is 1. The first-order valence-electron chi connectivity index (χ1n) is 6.29. The third-order valence-corrected chi connectivity index (χ3v) is 2.91. The minimum Gasteiger partial charge on any atom is -0.398 e. The molecule has 1 aromatic carbocycles. The molecule has 0 bridgehead atoms. The molecule has 0 saturated heterocycles. The number of benzene rings is 1. The summed E-state index contributed by atoms with van der Waals surface area (Å²) in [6.45, 7) is 1.92. The monoisotopic (exact) mass is 270 g/mol. The van der Waals surface area contributed by atoms with Crippen LogP contribution in [0.2, 0.25) is 0 Å². The van der Waals surface area contributed by atoms with Crippen molar-refractivity contribution in [2.75, 3.05) is 30.0 Å². The molecule has 20 heavy (non-hydrogen) atoms. The molecular weight excluding hydrogens is 252 g/mol. The highest BCUT2D eigenvalue weighted by Crippen LogP contribution is 2.22. The van der Waals surface area contributed by atoms with E-state index in [0.29, 0.717) is 22.8 Å². The fraction of sp³-hybridized carbons (Fsp3) is 0.200. The maximum atomic E-state index is 12.3. The number of anilines is 3. The maximum Gasteiger partial charge on any atom is 0.257 e. The summed E-state index contributed by atoms with van der Waals surface area (Å²) < 4.78 is 0. The molecule has 0 radical (unpaired) electrons. The molecule has 0 atom stereocenters. The van der Waals surface area contributed by atoms with Crippen LogP contribution in [0.1, 0.15) is 15.9 Å². The van der Waals surface area contributed by atoms with Crippen molar-refractivity contribution >= 4 is 23.1 Å². The van der Waals surface area contributed by atoms with Crippen molar-refractivity contribution in [3.8, 4) is 0 Å². The van der Waals surface area contributed by atoms with Gasteiger partial charge in [-0.25, -0.2) is 4.98 Å². The highest BCUT2D eigenvalue weighted by Gasteiger charge is 2.13. The number of nitrogens with zero attached hydrogens (tertiary/aromatic N) is 2. The van der Waals surface area contributed by atoms with Crippen molar-refractivity contribution in [2.45, 2.75) is 6.92 Å². The van der Waals surface area contributed by atoms with E-state index in [-0.39, 0.29) is 5.91 Å². The highest BCUT2D eigenvalue weighted by atomic mass is 16.1. The number of hydrogen-bond donors (Lipinski definition) is 2. The van der Waals surface area contributed by atoms with Crippen LogP contribution in [0.15, 0.2) is 36.5 Å². The minimum absolute atomic E-state index is 0.234. The topological polar surface area (TPSA) is 71.2 Å². The summed E-state index contributed by atoms with van der Waals surface area (Å²) in [5.74, 6) is 0.467. The van der Waals surface area contributed by atoms with E-state index >= 15 is 0 Å². The van der Waals surface area contributed by atoms with Crippen molar-refractivity contribution < 1.29 is 4.79 Å². The number of amides is 1. The molecule has 0 spiro atoms. The third-order valence-electron chi connectivity index (χ3n) is 2.91. The molecule has 0 aliphatic heterocycles. The molecule has 1 heterocycles. The predicted molar refractivity (Wildman–Crippen MR) is 82.1 cm³/mol. The Kier molecular flexibility index (Phi) is 3.89. The van der Waals surface area contributed by atoms with Crippen molar-refractivity contribution in [3.63, 3.8) is 0 Å². The first kappa shape index (κ1) is 13.9. The van der Waals surface area contributed by atoms with Crippen LogP contribution in [0.3, 0.4) is 0 Å². The lowest BCUT2D eigenvalue weighted by Gasteiger charge is -2.16. The van der Waals surface area contributed by atoms with Crippen LogP contribution in [0.5, 0.6) is 0 Å². The summed E-state index contributed by atoms with van der Waals surface area (Å²) in [5.41, 5.74) is 8.43. The Hall–Kier alpha value is -2.56. The zero-order valence-corrected chi connectivity index (χ0v) is 11.8. The predicted octanol–water partition coefficient (Wildman–Crippen LogP) is 2.29. The summed E-state index contributed by atoms with van der Waals surface area (Å²) in [4.78, 5) is 18.4. The number of nitrogens with two attached hydrogens (primary N) is 1. The zero-order chi connectivity index (χ0) is 14.7. The molecule has 2 rings (SSSR count). The van der Waals surface area contributed by atoms with Gasteiger partial charge >= 0.3 is 0 Å². The van der Waals surface area contributed by atoms with E-state index in [2.05, 4.69) is 10.3 Å². The second-order valence-corrected chi connectivity index (χ2v) is 4.81. The van der Waals surface area contributed by atoms with E-state index < -0.39 is 0 Å². The normalized spacial score (nSPS) is 10.2. The lowest BCUT2D eigenvalue weighted by atomic mass is 10.1. The molecule has 0 aliphatic carbocycles. The summed E-state index contributed by atoms with van der Waals surface area (Å²) in [7, 11) is 3.75. The van der Waals surface area contributed by atoms with Gasteiger partial charge in [0.2, 0.25) is 0 Å². The molecule has 104 valence electrons. The zero-order valence-electron chi connectivity index (χ0n) is 11.8. The van der Waals surface area contributed by atoms with Gasteiger partial charge in [0, 0.05) is 26.0 Å². The molecule has 3 N–H and O–H groups in total. The lowest BCUT2D eigenvalue weighted by Crippen LogP contribution is -2.18. The number of pyridine rings is 1. The molecule has 0 saturated carbocycles. The quantitative estimate of drug-likeness (QED) is 0.839. The molecule has 0 unspecified atom stereocenters. The molecule has 1 aromatic heterocycles. The van der Waals surface area contributed by atoms with Crippen LogP contribution in [-0.4, -0.2) is 25.0 Å². The molecule has 1 amide bonds. The molecular formula is C15H18N4O. The van der Waals surface area contributed by atoms with Gasteiger partial charge in [0.25, 0.3) is 5.91 Å². The number of carbonyl (C=O) groups excluding carboxylic acids is 1. The average molecular weight is 270 g/mol. The lowest BCUT2D eigenvalue weighted by molar-refractivity contribution is 0.102. The SMILES string of the molecule is Cc1ccc(N)c(C(=O)Nc2cccnc2N(C)C)c1. The molecule has 0 aliphatic rings. The Balaban J connectivity index is 2.31. The largest absolute Gasteiger partial charge is 0.398 e. The highest BCUT2D eigenvalue weighted by molar-refractivity contribution is 6.08. The average Bonchev–Trinajstić information content (AvgIpc) is 2.41. The van der Waals surface area contributed by atoms with Crippen LogP contribution < -0.4 is 16.0 Å². The van der Waals surface area contributed by atoms with E-state index in [4.69, 9.17) is 5.73 Å². The van der Waals surface area contributed by atoms with Gasteiger partial charge in [0.1, 0.15) is 0 Å². The summed E-state index contributed by atoms with van der Waals surface area (Å²) in [6, 6.07) is 8.98. The first-order chi connectivity index (χ1) is 9.49. The third kappa shape index (κ3) is 2.88. The number of rotatable bonds is 3. The van der Waals surface area contributed by atoms with E-state index in [9.17, 15) is 4.79 Å². The fourth-order valence-corrected chi connectivity index (χ4v) is 1.91. The van der Waals surface area contributed by atoms with Crippen LogP contribution in [0.25, 0.3) is 0 Å². The summed E-state index contributed by atoms with van der Waals surface area (Å²) >= 11 is 0. The van der Waals surface area contributed by atoms with Crippen LogP contribution in [0.4, 0.5) is 17.2 Å². The van der Waals surface area contributed by atoms with Gasteiger partial charge in [-0.05, 0) is 31.2 Å². The van der Waals surface area contributed by atoms with E-state index in [0.717, 1.165) is 5.56 Å². The van der Waals surface area contributed by atoms with Gasteiger partial charge in [-0.1, -0.05) is 11.6 Å². The van der Waals surface area contributed by atoms with Gasteiger partial charge in [-0.15, -0.1) is 0 Å². The standard InChI is InChI=1S/C15H18N4O/c1-10-6-7-12(16)11(9-10)15(20)18-13-5-4-8-17-14(13)19(2)3/h4-9H,16H2,1-3H3,(H,18,20). The van der Waals surface area contributed by atoms with Gasteiger partial charge in [0.05, 0.1) is 11.3 Å². The number of nitrogen functional groups attached to an aromatic ring is 1. The number of aromatic nitrogens is 1. The minimum atomic E-state index is -0.234. The molecule has 2 aromatic rings. The Labute approximate surface area is 118 Å². The Morgan fingerprint density at radius 2 is 2.05 bits per heavy atom. The molecule has 5 nitrogen and oxygen atoms in total. The fourth-order valence-electron chi connectivity index (χ4n) is 1.91. The molecule has 5 heteroatoms. The second kappa shape index (κ2) is 5.61. The second-order valence-electron chi connectivity index (χ2n) is 4.81. The van der Waals surface area contributed by atoms with Crippen molar-refractivity contribution in [2.24, 2.45) is 0 Å². The van der Waals surface area contributed by atoms with Gasteiger partial charge in [-0.2, -0.15) is 0 Å². The van der Waals surface area contributed by atoms with Gasteiger partial charge in [-0.3, -0.25) is 4.79 Å². The Bertz CT molecular complexity index is 638. The maximum absolute atomic E-state index is 12.3. The van der Waals surface area contributed by atoms with Crippen molar-refractivity contribution in [1.82, 2.24) is 4.98 Å². The van der Waals surface area contributed by atoms with Gasteiger partial charge < -0.3 is 16.0 Å². The van der Waals surface area contributed by atoms with E-state index in [1.165, 1.54) is 0 Å². The van der Waals surface area contributed by atoms with Crippen LogP contribution in [0, 0.1) is 6.92 Å². The number of carbonyl (C=O) groups is 1. The van der Waals surface area contributed by atoms with E-state index in [1.807, 2.05) is 38.1 Å².